The number of carbonyl (C=O) groups excluding carboxylic acids is 1. The number of nitrogens with one attached hydrogen (secondary N) is 1. The zero-order valence-corrected chi connectivity index (χ0v) is 10.5. The summed E-state index contributed by atoms with van der Waals surface area (Å²) in [7, 11) is 0. The second-order valence-electron chi connectivity index (χ2n) is 3.49. The highest BCUT2D eigenvalue weighted by Crippen LogP contribution is 2.29. The number of rotatable bonds is 4. The first-order valence-electron chi connectivity index (χ1n) is 5.06. The summed E-state index contributed by atoms with van der Waals surface area (Å²) < 4.78 is 0. The molecule has 0 aliphatic rings. The number of hydrogen-bond donors (Lipinski definition) is 2. The Labute approximate surface area is 105 Å². The van der Waals surface area contributed by atoms with Crippen LogP contribution in [-0.4, -0.2) is 11.9 Å². The second-order valence-corrected chi connectivity index (χ2v) is 4.27. The van der Waals surface area contributed by atoms with Crippen LogP contribution in [0.15, 0.2) is 18.2 Å². The van der Waals surface area contributed by atoms with Gasteiger partial charge in [0.25, 0.3) is 0 Å². The van der Waals surface area contributed by atoms with Crippen LogP contribution in [0, 0.1) is 0 Å². The van der Waals surface area contributed by atoms with E-state index in [0.29, 0.717) is 22.2 Å². The van der Waals surface area contributed by atoms with Gasteiger partial charge in [0.05, 0.1) is 21.8 Å². The van der Waals surface area contributed by atoms with E-state index in [1.165, 1.54) is 0 Å². The summed E-state index contributed by atoms with van der Waals surface area (Å²) in [5, 5.41) is 3.40. The molecule has 0 radical (unpaired) electrons. The standard InChI is InChI=1S/C11H14Cl2N2O/c1-2-4-8(14)11(16)15-9-6-3-5-7(12)10(9)13/h3,5-6,8H,2,4,14H2,1H3,(H,15,16). The second kappa shape index (κ2) is 6.09. The van der Waals surface area contributed by atoms with Crippen LogP contribution in [0.4, 0.5) is 5.69 Å². The molecule has 0 saturated heterocycles. The maximum absolute atomic E-state index is 11.6. The van der Waals surface area contributed by atoms with Crippen LogP contribution >= 0.6 is 23.2 Å². The first-order valence-corrected chi connectivity index (χ1v) is 5.82. The highest BCUT2D eigenvalue weighted by Gasteiger charge is 2.14. The van der Waals surface area contributed by atoms with E-state index in [4.69, 9.17) is 28.9 Å². The van der Waals surface area contributed by atoms with Crippen LogP contribution in [0.2, 0.25) is 10.0 Å². The quantitative estimate of drug-likeness (QED) is 0.875. The molecule has 0 aliphatic heterocycles. The summed E-state index contributed by atoms with van der Waals surface area (Å²) in [5.74, 6) is -0.244. The molecule has 1 rings (SSSR count). The smallest absolute Gasteiger partial charge is 0.241 e. The molecule has 16 heavy (non-hydrogen) atoms. The van der Waals surface area contributed by atoms with Gasteiger partial charge in [-0.25, -0.2) is 0 Å². The van der Waals surface area contributed by atoms with Crippen molar-refractivity contribution < 1.29 is 4.79 Å². The lowest BCUT2D eigenvalue weighted by Gasteiger charge is -2.12. The number of halogens is 2. The van der Waals surface area contributed by atoms with Gasteiger partial charge in [0.2, 0.25) is 5.91 Å². The zero-order valence-electron chi connectivity index (χ0n) is 8.97. The third kappa shape index (κ3) is 3.37. The fourth-order valence-electron chi connectivity index (χ4n) is 1.27. The molecule has 1 atom stereocenters. The Balaban J connectivity index is 2.73. The van der Waals surface area contributed by atoms with Crippen LogP contribution in [0.25, 0.3) is 0 Å². The molecule has 0 aliphatic carbocycles. The molecule has 88 valence electrons. The van der Waals surface area contributed by atoms with Crippen LogP contribution < -0.4 is 11.1 Å². The molecule has 1 amide bonds. The Bertz CT molecular complexity index is 382. The molecule has 1 unspecified atom stereocenters. The van der Waals surface area contributed by atoms with Crippen LogP contribution in [0.5, 0.6) is 0 Å². The molecule has 0 aromatic heterocycles. The lowest BCUT2D eigenvalue weighted by molar-refractivity contribution is -0.117. The average molecular weight is 261 g/mol. The fourth-order valence-corrected chi connectivity index (χ4v) is 1.62. The first-order chi connectivity index (χ1) is 7.56. The molecule has 5 heteroatoms. The third-order valence-electron chi connectivity index (χ3n) is 2.15. The van der Waals surface area contributed by atoms with Crippen LogP contribution in [0.1, 0.15) is 19.8 Å². The van der Waals surface area contributed by atoms with E-state index in [1.807, 2.05) is 6.92 Å². The highest BCUT2D eigenvalue weighted by atomic mass is 35.5. The summed E-state index contributed by atoms with van der Waals surface area (Å²) in [6.07, 6.45) is 1.50. The molecule has 1 aromatic carbocycles. The molecule has 0 spiro atoms. The van der Waals surface area contributed by atoms with Crippen molar-refractivity contribution in [3.63, 3.8) is 0 Å². The van der Waals surface area contributed by atoms with Crippen LogP contribution in [0.3, 0.4) is 0 Å². The minimum absolute atomic E-state index is 0.244. The van der Waals surface area contributed by atoms with Crippen LogP contribution in [-0.2, 0) is 4.79 Å². The van der Waals surface area contributed by atoms with E-state index < -0.39 is 6.04 Å². The Kier molecular flexibility index (Phi) is 5.06. The molecule has 0 heterocycles. The van der Waals surface area contributed by atoms with E-state index in [-0.39, 0.29) is 5.91 Å². The van der Waals surface area contributed by atoms with Gasteiger partial charge in [-0.05, 0) is 18.6 Å². The van der Waals surface area contributed by atoms with Crippen molar-refractivity contribution in [1.82, 2.24) is 0 Å². The van der Waals surface area contributed by atoms with Gasteiger partial charge < -0.3 is 11.1 Å². The molecular weight excluding hydrogens is 247 g/mol. The monoisotopic (exact) mass is 260 g/mol. The summed E-state index contributed by atoms with van der Waals surface area (Å²) in [6, 6.07) is 4.55. The zero-order chi connectivity index (χ0) is 12.1. The molecule has 3 nitrogen and oxygen atoms in total. The lowest BCUT2D eigenvalue weighted by atomic mass is 10.1. The van der Waals surface area contributed by atoms with Crippen molar-refractivity contribution in [2.45, 2.75) is 25.8 Å². The van der Waals surface area contributed by atoms with Gasteiger partial charge in [-0.15, -0.1) is 0 Å². The van der Waals surface area contributed by atoms with Gasteiger partial charge in [0.15, 0.2) is 0 Å². The molecule has 3 N–H and O–H groups in total. The van der Waals surface area contributed by atoms with Crippen molar-refractivity contribution in [2.75, 3.05) is 5.32 Å². The van der Waals surface area contributed by atoms with E-state index in [2.05, 4.69) is 5.32 Å². The summed E-state index contributed by atoms with van der Waals surface area (Å²) >= 11 is 11.8. The Hall–Kier alpha value is -0.770. The first kappa shape index (κ1) is 13.3. The fraction of sp³-hybridized carbons (Fsp3) is 0.364. The third-order valence-corrected chi connectivity index (χ3v) is 2.96. The lowest BCUT2D eigenvalue weighted by Crippen LogP contribution is -2.35. The summed E-state index contributed by atoms with van der Waals surface area (Å²) in [6.45, 7) is 1.97. The predicted molar refractivity (Wildman–Crippen MR) is 68.0 cm³/mol. The van der Waals surface area contributed by atoms with E-state index in [1.54, 1.807) is 18.2 Å². The van der Waals surface area contributed by atoms with Gasteiger partial charge in [-0.1, -0.05) is 42.6 Å². The summed E-state index contributed by atoms with van der Waals surface area (Å²) in [5.41, 5.74) is 6.17. The Morgan fingerprint density at radius 2 is 2.19 bits per heavy atom. The predicted octanol–water partition coefficient (Wildman–Crippen LogP) is 3.06. The van der Waals surface area contributed by atoms with Crippen molar-refractivity contribution in [1.29, 1.82) is 0 Å². The van der Waals surface area contributed by atoms with Gasteiger partial charge in [0, 0.05) is 0 Å². The van der Waals surface area contributed by atoms with Gasteiger partial charge in [0.1, 0.15) is 0 Å². The van der Waals surface area contributed by atoms with Crippen molar-refractivity contribution in [3.05, 3.63) is 28.2 Å². The van der Waals surface area contributed by atoms with Gasteiger partial charge >= 0.3 is 0 Å². The van der Waals surface area contributed by atoms with Gasteiger partial charge in [-0.3, -0.25) is 4.79 Å². The Morgan fingerprint density at radius 3 is 2.81 bits per heavy atom. The maximum atomic E-state index is 11.6. The maximum Gasteiger partial charge on any atom is 0.241 e. The normalized spacial score (nSPS) is 12.2. The van der Waals surface area contributed by atoms with E-state index in [9.17, 15) is 4.79 Å². The molecule has 0 bridgehead atoms. The minimum Gasteiger partial charge on any atom is -0.323 e. The van der Waals surface area contributed by atoms with E-state index in [0.717, 1.165) is 6.42 Å². The number of nitrogens with two attached hydrogens (primary N) is 1. The van der Waals surface area contributed by atoms with E-state index >= 15 is 0 Å². The topological polar surface area (TPSA) is 55.1 Å². The van der Waals surface area contributed by atoms with Crippen molar-refractivity contribution in [3.8, 4) is 0 Å². The van der Waals surface area contributed by atoms with Gasteiger partial charge in [-0.2, -0.15) is 0 Å². The number of amides is 1. The molecule has 0 fully saturated rings. The summed E-state index contributed by atoms with van der Waals surface area (Å²) in [4.78, 5) is 11.6. The largest absolute Gasteiger partial charge is 0.323 e. The molecule has 1 aromatic rings. The van der Waals surface area contributed by atoms with Crippen molar-refractivity contribution in [2.24, 2.45) is 5.73 Å². The SMILES string of the molecule is CCCC(N)C(=O)Nc1cccc(Cl)c1Cl. The number of carbonyl (C=O) groups is 1. The minimum atomic E-state index is -0.514. The number of hydrogen-bond acceptors (Lipinski definition) is 2. The Morgan fingerprint density at radius 1 is 1.50 bits per heavy atom. The number of anilines is 1. The molecule has 0 saturated carbocycles. The van der Waals surface area contributed by atoms with Crippen molar-refractivity contribution >= 4 is 34.8 Å². The highest BCUT2D eigenvalue weighted by molar-refractivity contribution is 6.44. The molecular formula is C11H14Cl2N2O. The average Bonchev–Trinajstić information content (AvgIpc) is 2.25. The number of benzene rings is 1.